The minimum atomic E-state index is -0.0105. The second kappa shape index (κ2) is 6.30. The predicted octanol–water partition coefficient (Wildman–Crippen LogP) is 2.37. The van der Waals surface area contributed by atoms with Crippen LogP contribution in [0.1, 0.15) is 25.8 Å². The van der Waals surface area contributed by atoms with Crippen LogP contribution in [0.25, 0.3) is 0 Å². The van der Waals surface area contributed by atoms with Crippen LogP contribution in [-0.4, -0.2) is 18.3 Å². The molecular formula is C12H18O3. The van der Waals surface area contributed by atoms with Gasteiger partial charge in [0.25, 0.3) is 0 Å². The highest BCUT2D eigenvalue weighted by atomic mass is 16.5. The first kappa shape index (κ1) is 11.9. The number of hydrogen-bond acceptors (Lipinski definition) is 3. The van der Waals surface area contributed by atoms with Crippen molar-refractivity contribution in [2.75, 3.05) is 13.2 Å². The van der Waals surface area contributed by atoms with E-state index in [2.05, 4.69) is 6.92 Å². The molecular weight excluding hydrogens is 192 g/mol. The summed E-state index contributed by atoms with van der Waals surface area (Å²) < 4.78 is 10.9. The number of aliphatic hydroxyl groups excluding tert-OH is 1. The Morgan fingerprint density at radius 1 is 1.20 bits per heavy atom. The highest BCUT2D eigenvalue weighted by Gasteiger charge is 2.04. The lowest BCUT2D eigenvalue weighted by Gasteiger charge is -2.11. The second-order valence-electron chi connectivity index (χ2n) is 3.21. The first-order valence-electron chi connectivity index (χ1n) is 5.31. The molecule has 0 aromatic heterocycles. The largest absolute Gasteiger partial charge is 0.493 e. The Balaban J connectivity index is 2.79. The molecule has 3 heteroatoms. The maximum Gasteiger partial charge on any atom is 0.128 e. The smallest absolute Gasteiger partial charge is 0.128 e. The first-order valence-corrected chi connectivity index (χ1v) is 5.31. The Kier molecular flexibility index (Phi) is 4.98. The Hall–Kier alpha value is -1.22. The fourth-order valence-corrected chi connectivity index (χ4v) is 1.27. The topological polar surface area (TPSA) is 38.7 Å². The van der Waals surface area contributed by atoms with E-state index in [9.17, 15) is 0 Å². The summed E-state index contributed by atoms with van der Waals surface area (Å²) in [6.07, 6.45) is 0.978. The Labute approximate surface area is 90.6 Å². The molecule has 0 heterocycles. The van der Waals surface area contributed by atoms with E-state index >= 15 is 0 Å². The summed E-state index contributed by atoms with van der Waals surface area (Å²) in [4.78, 5) is 0. The number of ether oxygens (including phenoxy) is 2. The fraction of sp³-hybridized carbons (Fsp3) is 0.500. The minimum Gasteiger partial charge on any atom is -0.493 e. The molecule has 1 rings (SSSR count). The normalized spacial score (nSPS) is 10.1. The monoisotopic (exact) mass is 210 g/mol. The molecule has 1 N–H and O–H groups in total. The molecule has 1 aromatic carbocycles. The molecule has 0 bridgehead atoms. The van der Waals surface area contributed by atoms with Gasteiger partial charge in [-0.05, 0) is 25.5 Å². The van der Waals surface area contributed by atoms with E-state index in [1.165, 1.54) is 0 Å². The van der Waals surface area contributed by atoms with Crippen LogP contribution in [0.4, 0.5) is 0 Å². The molecule has 0 aliphatic carbocycles. The van der Waals surface area contributed by atoms with Crippen molar-refractivity contribution in [2.45, 2.75) is 26.9 Å². The first-order chi connectivity index (χ1) is 7.31. The van der Waals surface area contributed by atoms with Crippen molar-refractivity contribution in [3.63, 3.8) is 0 Å². The SMILES string of the molecule is CCCOc1ccc(CO)c(OCC)c1. The molecule has 15 heavy (non-hydrogen) atoms. The molecule has 0 unspecified atom stereocenters. The number of rotatable bonds is 6. The molecule has 0 spiro atoms. The second-order valence-corrected chi connectivity index (χ2v) is 3.21. The van der Waals surface area contributed by atoms with E-state index in [-0.39, 0.29) is 6.61 Å². The van der Waals surface area contributed by atoms with Crippen LogP contribution in [0.5, 0.6) is 11.5 Å². The standard InChI is InChI=1S/C12H18O3/c1-3-7-15-11-6-5-10(9-13)12(8-11)14-4-2/h5-6,8,13H,3-4,7,9H2,1-2H3. The third-order valence-electron chi connectivity index (χ3n) is 1.98. The van der Waals surface area contributed by atoms with Crippen molar-refractivity contribution in [1.29, 1.82) is 0 Å². The van der Waals surface area contributed by atoms with Crippen LogP contribution in [0.2, 0.25) is 0 Å². The summed E-state index contributed by atoms with van der Waals surface area (Å²) in [7, 11) is 0. The molecule has 0 saturated carbocycles. The summed E-state index contributed by atoms with van der Waals surface area (Å²) in [5.41, 5.74) is 0.792. The summed E-state index contributed by atoms with van der Waals surface area (Å²) >= 11 is 0. The van der Waals surface area contributed by atoms with E-state index in [1.807, 2.05) is 25.1 Å². The summed E-state index contributed by atoms with van der Waals surface area (Å²) in [5.74, 6) is 1.49. The van der Waals surface area contributed by atoms with Crippen molar-refractivity contribution in [3.05, 3.63) is 23.8 Å². The molecule has 0 aliphatic rings. The van der Waals surface area contributed by atoms with E-state index in [0.717, 1.165) is 17.7 Å². The molecule has 0 atom stereocenters. The molecule has 0 aliphatic heterocycles. The van der Waals surface area contributed by atoms with Crippen LogP contribution in [0.15, 0.2) is 18.2 Å². The molecule has 1 aromatic rings. The van der Waals surface area contributed by atoms with Gasteiger partial charge in [-0.2, -0.15) is 0 Å². The molecule has 3 nitrogen and oxygen atoms in total. The number of aliphatic hydroxyl groups is 1. The Morgan fingerprint density at radius 2 is 2.00 bits per heavy atom. The van der Waals surface area contributed by atoms with E-state index in [4.69, 9.17) is 14.6 Å². The van der Waals surface area contributed by atoms with Gasteiger partial charge < -0.3 is 14.6 Å². The molecule has 84 valence electrons. The van der Waals surface area contributed by atoms with Gasteiger partial charge in [0.2, 0.25) is 0 Å². The third-order valence-corrected chi connectivity index (χ3v) is 1.98. The van der Waals surface area contributed by atoms with Gasteiger partial charge in [0.05, 0.1) is 19.8 Å². The lowest BCUT2D eigenvalue weighted by molar-refractivity contribution is 0.265. The maximum absolute atomic E-state index is 9.09. The van der Waals surface area contributed by atoms with Gasteiger partial charge in [-0.15, -0.1) is 0 Å². The highest BCUT2D eigenvalue weighted by molar-refractivity contribution is 5.40. The van der Waals surface area contributed by atoms with Gasteiger partial charge in [0.15, 0.2) is 0 Å². The lowest BCUT2D eigenvalue weighted by Crippen LogP contribution is -1.99. The van der Waals surface area contributed by atoms with E-state index < -0.39 is 0 Å². The van der Waals surface area contributed by atoms with Crippen molar-refractivity contribution in [3.8, 4) is 11.5 Å². The Morgan fingerprint density at radius 3 is 2.60 bits per heavy atom. The van der Waals surface area contributed by atoms with Crippen LogP contribution >= 0.6 is 0 Å². The molecule has 0 amide bonds. The quantitative estimate of drug-likeness (QED) is 0.783. The maximum atomic E-state index is 9.09. The summed E-state index contributed by atoms with van der Waals surface area (Å²) in [6, 6.07) is 5.50. The average Bonchev–Trinajstić information content (AvgIpc) is 2.27. The molecule has 0 fully saturated rings. The van der Waals surface area contributed by atoms with Gasteiger partial charge in [-0.1, -0.05) is 6.92 Å². The number of hydrogen-bond donors (Lipinski definition) is 1. The van der Waals surface area contributed by atoms with Gasteiger partial charge in [-0.25, -0.2) is 0 Å². The van der Waals surface area contributed by atoms with Gasteiger partial charge in [0.1, 0.15) is 11.5 Å². The van der Waals surface area contributed by atoms with Crippen LogP contribution in [-0.2, 0) is 6.61 Å². The number of benzene rings is 1. The van der Waals surface area contributed by atoms with Gasteiger partial charge >= 0.3 is 0 Å². The van der Waals surface area contributed by atoms with Crippen LogP contribution < -0.4 is 9.47 Å². The van der Waals surface area contributed by atoms with Crippen molar-refractivity contribution in [2.24, 2.45) is 0 Å². The fourth-order valence-electron chi connectivity index (χ4n) is 1.27. The molecule has 0 radical (unpaired) electrons. The zero-order valence-electron chi connectivity index (χ0n) is 9.32. The lowest BCUT2D eigenvalue weighted by atomic mass is 10.2. The predicted molar refractivity (Wildman–Crippen MR) is 59.3 cm³/mol. The minimum absolute atomic E-state index is 0.0105. The summed E-state index contributed by atoms with van der Waals surface area (Å²) in [5, 5.41) is 9.09. The summed E-state index contributed by atoms with van der Waals surface area (Å²) in [6.45, 7) is 5.25. The third kappa shape index (κ3) is 3.44. The highest BCUT2D eigenvalue weighted by Crippen LogP contribution is 2.25. The van der Waals surface area contributed by atoms with Crippen LogP contribution in [0.3, 0.4) is 0 Å². The van der Waals surface area contributed by atoms with Crippen molar-refractivity contribution >= 4 is 0 Å². The van der Waals surface area contributed by atoms with Crippen LogP contribution in [0, 0.1) is 0 Å². The van der Waals surface area contributed by atoms with Gasteiger partial charge in [-0.3, -0.25) is 0 Å². The van der Waals surface area contributed by atoms with E-state index in [0.29, 0.717) is 19.0 Å². The van der Waals surface area contributed by atoms with Crippen molar-refractivity contribution in [1.82, 2.24) is 0 Å². The zero-order chi connectivity index (χ0) is 11.1. The Bertz CT molecular complexity index is 297. The average molecular weight is 210 g/mol. The van der Waals surface area contributed by atoms with Crippen molar-refractivity contribution < 1.29 is 14.6 Å². The van der Waals surface area contributed by atoms with Gasteiger partial charge in [0, 0.05) is 11.6 Å². The zero-order valence-corrected chi connectivity index (χ0v) is 9.32. The molecule has 0 saturated heterocycles. The van der Waals surface area contributed by atoms with E-state index in [1.54, 1.807) is 0 Å².